The normalized spacial score (nSPS) is 53.7. The van der Waals surface area contributed by atoms with Gasteiger partial charge in [-0.05, 0) is 104 Å². The summed E-state index contributed by atoms with van der Waals surface area (Å²) in [6, 6.07) is 0. The van der Waals surface area contributed by atoms with Crippen molar-refractivity contribution in [3.8, 4) is 0 Å². The lowest BCUT2D eigenvalue weighted by atomic mass is 9.59. The molecule has 0 aromatic rings. The zero-order valence-corrected chi connectivity index (χ0v) is 18.7. The molecule has 5 fully saturated rings. The molecule has 0 heterocycles. The molecule has 5 saturated carbocycles. The number of hydrogen-bond acceptors (Lipinski definition) is 2. The second kappa shape index (κ2) is 6.74. The van der Waals surface area contributed by atoms with Crippen LogP contribution in [-0.2, 0) is 9.53 Å². The van der Waals surface area contributed by atoms with Gasteiger partial charge in [0, 0.05) is 6.42 Å². The third kappa shape index (κ3) is 2.54. The molecule has 10 unspecified atom stereocenters. The van der Waals surface area contributed by atoms with E-state index in [1.807, 2.05) is 0 Å². The SMILES string of the molecule is CCC1CC(CC)C2(C)C3CC(CC3CC(=O)OC3(CC)CC4CCC3C4)C12. The van der Waals surface area contributed by atoms with Crippen LogP contribution in [0, 0.1) is 52.8 Å². The van der Waals surface area contributed by atoms with Crippen LogP contribution in [-0.4, -0.2) is 11.6 Å². The van der Waals surface area contributed by atoms with Gasteiger partial charge in [-0.1, -0.05) is 40.5 Å². The van der Waals surface area contributed by atoms with Crippen molar-refractivity contribution in [1.82, 2.24) is 0 Å². The molecule has 2 heteroatoms. The minimum absolute atomic E-state index is 0.101. The molecule has 0 saturated heterocycles. The first kappa shape index (κ1) is 19.4. The lowest BCUT2D eigenvalue weighted by Crippen LogP contribution is -2.42. The molecule has 2 nitrogen and oxygen atoms in total. The molecule has 0 aromatic carbocycles. The summed E-state index contributed by atoms with van der Waals surface area (Å²) in [5.74, 6) is 6.63. The Balaban J connectivity index is 1.28. The number of carbonyl (C=O) groups is 1. The molecule has 0 aromatic heterocycles. The van der Waals surface area contributed by atoms with E-state index >= 15 is 0 Å². The van der Waals surface area contributed by atoms with Crippen molar-refractivity contribution in [3.05, 3.63) is 0 Å². The molecule has 0 spiro atoms. The Kier molecular flexibility index (Phi) is 4.68. The van der Waals surface area contributed by atoms with E-state index in [0.29, 0.717) is 23.7 Å². The van der Waals surface area contributed by atoms with Crippen LogP contribution in [0.3, 0.4) is 0 Å². The fourth-order valence-corrected chi connectivity index (χ4v) is 9.97. The van der Waals surface area contributed by atoms with Crippen LogP contribution in [0.25, 0.3) is 0 Å². The van der Waals surface area contributed by atoms with Gasteiger partial charge in [0.05, 0.1) is 0 Å². The van der Waals surface area contributed by atoms with E-state index < -0.39 is 0 Å². The lowest BCUT2D eigenvalue weighted by Gasteiger charge is -2.45. The van der Waals surface area contributed by atoms with E-state index in [9.17, 15) is 4.79 Å². The third-order valence-electron chi connectivity index (χ3n) is 11.0. The van der Waals surface area contributed by atoms with Crippen LogP contribution in [0.5, 0.6) is 0 Å². The van der Waals surface area contributed by atoms with Crippen LogP contribution in [0.4, 0.5) is 0 Å². The average molecular weight is 387 g/mol. The Morgan fingerprint density at radius 3 is 2.43 bits per heavy atom. The molecule has 158 valence electrons. The van der Waals surface area contributed by atoms with E-state index in [0.717, 1.165) is 48.3 Å². The van der Waals surface area contributed by atoms with Crippen molar-refractivity contribution in [2.75, 3.05) is 0 Å². The molecule has 0 aliphatic heterocycles. The number of hydrogen-bond donors (Lipinski definition) is 0. The summed E-state index contributed by atoms with van der Waals surface area (Å²) in [6.07, 6.45) is 13.7. The molecule has 10 atom stereocenters. The Morgan fingerprint density at radius 2 is 1.82 bits per heavy atom. The van der Waals surface area contributed by atoms with Gasteiger partial charge >= 0.3 is 5.97 Å². The molecule has 5 aliphatic rings. The fourth-order valence-electron chi connectivity index (χ4n) is 9.97. The second-order valence-electron chi connectivity index (χ2n) is 11.7. The number of carbonyl (C=O) groups excluding carboxylic acids is 1. The summed E-state index contributed by atoms with van der Waals surface area (Å²) in [7, 11) is 0. The maximum Gasteiger partial charge on any atom is 0.306 e. The van der Waals surface area contributed by atoms with Gasteiger partial charge in [-0.3, -0.25) is 4.79 Å². The van der Waals surface area contributed by atoms with Gasteiger partial charge in [0.1, 0.15) is 5.60 Å². The Labute approximate surface area is 172 Å². The lowest BCUT2D eigenvalue weighted by molar-refractivity contribution is -0.168. The van der Waals surface area contributed by atoms with Crippen LogP contribution in [0.15, 0.2) is 0 Å². The highest BCUT2D eigenvalue weighted by Crippen LogP contribution is 2.72. The van der Waals surface area contributed by atoms with E-state index in [-0.39, 0.29) is 11.6 Å². The summed E-state index contributed by atoms with van der Waals surface area (Å²) < 4.78 is 6.35. The molecule has 0 amide bonds. The topological polar surface area (TPSA) is 26.3 Å². The van der Waals surface area contributed by atoms with Gasteiger partial charge < -0.3 is 4.74 Å². The van der Waals surface area contributed by atoms with Crippen molar-refractivity contribution in [2.24, 2.45) is 52.8 Å². The Hall–Kier alpha value is -0.530. The first-order chi connectivity index (χ1) is 13.4. The molecular formula is C26H42O2. The molecule has 28 heavy (non-hydrogen) atoms. The summed E-state index contributed by atoms with van der Waals surface area (Å²) in [4.78, 5) is 13.1. The highest BCUT2D eigenvalue weighted by molar-refractivity contribution is 5.70. The van der Waals surface area contributed by atoms with Gasteiger partial charge in [-0.15, -0.1) is 0 Å². The van der Waals surface area contributed by atoms with Crippen molar-refractivity contribution in [2.45, 2.75) is 104 Å². The summed E-state index contributed by atoms with van der Waals surface area (Å²) in [5, 5.41) is 0. The highest BCUT2D eigenvalue weighted by atomic mass is 16.6. The Bertz CT molecular complexity index is 628. The molecule has 5 rings (SSSR count). The van der Waals surface area contributed by atoms with E-state index in [1.165, 1.54) is 51.4 Å². The summed E-state index contributed by atoms with van der Waals surface area (Å²) in [6.45, 7) is 9.67. The Morgan fingerprint density at radius 1 is 1.00 bits per heavy atom. The second-order valence-corrected chi connectivity index (χ2v) is 11.7. The van der Waals surface area contributed by atoms with E-state index in [4.69, 9.17) is 4.74 Å². The van der Waals surface area contributed by atoms with E-state index in [1.54, 1.807) is 0 Å². The molecule has 4 bridgehead atoms. The van der Waals surface area contributed by atoms with Crippen molar-refractivity contribution in [3.63, 3.8) is 0 Å². The third-order valence-corrected chi connectivity index (χ3v) is 11.0. The van der Waals surface area contributed by atoms with Crippen molar-refractivity contribution in [1.29, 1.82) is 0 Å². The molecular weight excluding hydrogens is 344 g/mol. The van der Waals surface area contributed by atoms with Crippen LogP contribution < -0.4 is 0 Å². The first-order valence-electron chi connectivity index (χ1n) is 12.7. The van der Waals surface area contributed by atoms with E-state index in [2.05, 4.69) is 27.7 Å². The monoisotopic (exact) mass is 386 g/mol. The van der Waals surface area contributed by atoms with Crippen LogP contribution in [0.1, 0.15) is 98.3 Å². The standard InChI is InChI=1S/C26H42O2/c1-5-17-12-20(6-2)25(4)22-13-19(24(17)25)11-18(22)14-23(27)28-26(7-3)15-16-8-9-21(26)10-16/h16-22,24H,5-15H2,1-4H3. The summed E-state index contributed by atoms with van der Waals surface area (Å²) in [5.41, 5.74) is 0.398. The quantitative estimate of drug-likeness (QED) is 0.479. The first-order valence-corrected chi connectivity index (χ1v) is 12.7. The number of ether oxygens (including phenoxy) is 1. The van der Waals surface area contributed by atoms with Gasteiger partial charge in [-0.25, -0.2) is 0 Å². The number of fused-ring (bicyclic) bond motifs is 7. The zero-order valence-electron chi connectivity index (χ0n) is 18.7. The van der Waals surface area contributed by atoms with Crippen LogP contribution >= 0.6 is 0 Å². The van der Waals surface area contributed by atoms with Gasteiger partial charge in [0.2, 0.25) is 0 Å². The maximum absolute atomic E-state index is 13.1. The average Bonchev–Trinajstić information content (AvgIpc) is 3.45. The van der Waals surface area contributed by atoms with Crippen LogP contribution in [0.2, 0.25) is 0 Å². The van der Waals surface area contributed by atoms with Gasteiger partial charge in [-0.2, -0.15) is 0 Å². The molecule has 5 aliphatic carbocycles. The number of rotatable bonds is 6. The summed E-state index contributed by atoms with van der Waals surface area (Å²) >= 11 is 0. The predicted octanol–water partition coefficient (Wildman–Crippen LogP) is 6.62. The molecule has 0 N–H and O–H groups in total. The largest absolute Gasteiger partial charge is 0.459 e. The van der Waals surface area contributed by atoms with Crippen molar-refractivity contribution < 1.29 is 9.53 Å². The highest BCUT2D eigenvalue weighted by Gasteiger charge is 2.66. The fraction of sp³-hybridized carbons (Fsp3) is 0.962. The smallest absolute Gasteiger partial charge is 0.306 e. The maximum atomic E-state index is 13.1. The van der Waals surface area contributed by atoms with Gasteiger partial charge in [0.15, 0.2) is 0 Å². The minimum Gasteiger partial charge on any atom is -0.459 e. The minimum atomic E-state index is -0.101. The predicted molar refractivity (Wildman–Crippen MR) is 113 cm³/mol. The molecule has 0 radical (unpaired) electrons. The van der Waals surface area contributed by atoms with Crippen molar-refractivity contribution >= 4 is 5.97 Å². The number of esters is 1. The zero-order chi connectivity index (χ0) is 19.7. The van der Waals surface area contributed by atoms with Gasteiger partial charge in [0.25, 0.3) is 0 Å².